The molecule has 2 atom stereocenters. The van der Waals surface area contributed by atoms with Gasteiger partial charge in [-0.05, 0) is 26.2 Å². The maximum absolute atomic E-state index is 4.40. The summed E-state index contributed by atoms with van der Waals surface area (Å²) >= 11 is 0. The molecule has 0 aromatic carbocycles. The van der Waals surface area contributed by atoms with E-state index in [0.29, 0.717) is 11.8 Å². The third-order valence-corrected chi connectivity index (χ3v) is 3.01. The van der Waals surface area contributed by atoms with Crippen LogP contribution in [0.1, 0.15) is 34.1 Å². The smallest absolute Gasteiger partial charge is 0.0276 e. The van der Waals surface area contributed by atoms with Crippen LogP contribution >= 0.6 is 0 Å². The maximum atomic E-state index is 4.40. The minimum absolute atomic E-state index is 0.536. The fraction of sp³-hybridized carbons (Fsp3) is 0.615. The number of allylic oxidation sites excluding steroid dienone is 4. The summed E-state index contributed by atoms with van der Waals surface area (Å²) in [5, 5.41) is 0. The van der Waals surface area contributed by atoms with E-state index in [4.69, 9.17) is 0 Å². The normalized spacial score (nSPS) is 28.5. The molecule has 0 saturated carbocycles. The second kappa shape index (κ2) is 4.59. The molecule has 0 aromatic heterocycles. The minimum atomic E-state index is 0.536. The molecule has 0 fully saturated rings. The molecular weight excluding hydrogens is 170 g/mol. The van der Waals surface area contributed by atoms with Crippen LogP contribution in [0, 0.1) is 11.8 Å². The predicted octanol–water partition coefficient (Wildman–Crippen LogP) is 3.63. The van der Waals surface area contributed by atoms with Gasteiger partial charge in [0.05, 0.1) is 0 Å². The lowest BCUT2D eigenvalue weighted by Gasteiger charge is -2.27. The van der Waals surface area contributed by atoms with Gasteiger partial charge in [-0.2, -0.15) is 0 Å². The summed E-state index contributed by atoms with van der Waals surface area (Å²) in [6.07, 6.45) is 5.69. The molecule has 0 amide bonds. The molecule has 0 bridgehead atoms. The highest BCUT2D eigenvalue weighted by atomic mass is 14.7. The fourth-order valence-corrected chi connectivity index (χ4v) is 2.51. The van der Waals surface area contributed by atoms with E-state index < -0.39 is 0 Å². The molecule has 1 aliphatic carbocycles. The SMILES string of the molecule is CC/C(=N\C)C1C(C)=CC(C)=CC1C. The van der Waals surface area contributed by atoms with Crippen molar-refractivity contribution in [2.45, 2.75) is 34.1 Å². The Morgan fingerprint density at radius 1 is 1.43 bits per heavy atom. The topological polar surface area (TPSA) is 12.4 Å². The average Bonchev–Trinajstić information content (AvgIpc) is 2.10. The van der Waals surface area contributed by atoms with Crippen LogP contribution in [0.2, 0.25) is 0 Å². The Morgan fingerprint density at radius 3 is 2.50 bits per heavy atom. The van der Waals surface area contributed by atoms with Crippen LogP contribution in [0.4, 0.5) is 0 Å². The molecule has 0 spiro atoms. The molecule has 78 valence electrons. The van der Waals surface area contributed by atoms with Crippen molar-refractivity contribution in [2.24, 2.45) is 16.8 Å². The van der Waals surface area contributed by atoms with Gasteiger partial charge in [0.2, 0.25) is 0 Å². The van der Waals surface area contributed by atoms with Crippen LogP contribution in [-0.4, -0.2) is 12.8 Å². The molecular formula is C13H21N. The summed E-state index contributed by atoms with van der Waals surface area (Å²) in [6, 6.07) is 0. The number of hydrogen-bond donors (Lipinski definition) is 0. The van der Waals surface area contributed by atoms with Crippen molar-refractivity contribution in [1.29, 1.82) is 0 Å². The van der Waals surface area contributed by atoms with E-state index in [2.05, 4.69) is 44.8 Å². The van der Waals surface area contributed by atoms with E-state index >= 15 is 0 Å². The van der Waals surface area contributed by atoms with E-state index in [1.165, 1.54) is 16.9 Å². The van der Waals surface area contributed by atoms with Gasteiger partial charge in [0.25, 0.3) is 0 Å². The molecule has 0 aromatic rings. The Morgan fingerprint density at radius 2 is 2.07 bits per heavy atom. The second-order valence-electron chi connectivity index (χ2n) is 4.20. The molecule has 1 nitrogen and oxygen atoms in total. The molecule has 0 radical (unpaired) electrons. The zero-order valence-electron chi connectivity index (χ0n) is 9.96. The summed E-state index contributed by atoms with van der Waals surface area (Å²) in [7, 11) is 1.91. The van der Waals surface area contributed by atoms with Crippen LogP contribution in [0.25, 0.3) is 0 Å². The van der Waals surface area contributed by atoms with Crippen molar-refractivity contribution in [1.82, 2.24) is 0 Å². The highest BCUT2D eigenvalue weighted by Gasteiger charge is 2.24. The monoisotopic (exact) mass is 191 g/mol. The standard InChI is InChI=1S/C13H21N/c1-6-12(14-5)13-10(3)7-9(2)8-11(13)4/h7-8,10,13H,6H2,1-5H3/b14-12+. The summed E-state index contributed by atoms with van der Waals surface area (Å²) < 4.78 is 0. The van der Waals surface area contributed by atoms with Crippen LogP contribution in [0.5, 0.6) is 0 Å². The Hall–Kier alpha value is -0.850. The summed E-state index contributed by atoms with van der Waals surface area (Å²) in [4.78, 5) is 4.40. The van der Waals surface area contributed by atoms with Gasteiger partial charge in [0, 0.05) is 18.7 Å². The van der Waals surface area contributed by atoms with Crippen molar-refractivity contribution in [3.63, 3.8) is 0 Å². The van der Waals surface area contributed by atoms with Gasteiger partial charge in [0.15, 0.2) is 0 Å². The third kappa shape index (κ3) is 2.14. The van der Waals surface area contributed by atoms with Crippen LogP contribution in [0.3, 0.4) is 0 Å². The molecule has 1 rings (SSSR count). The van der Waals surface area contributed by atoms with Crippen molar-refractivity contribution in [2.75, 3.05) is 7.05 Å². The average molecular weight is 191 g/mol. The van der Waals surface area contributed by atoms with Crippen molar-refractivity contribution >= 4 is 5.71 Å². The van der Waals surface area contributed by atoms with E-state index in [9.17, 15) is 0 Å². The molecule has 1 heteroatoms. The van der Waals surface area contributed by atoms with Gasteiger partial charge in [-0.25, -0.2) is 0 Å². The molecule has 0 heterocycles. The molecule has 0 N–H and O–H groups in total. The molecule has 14 heavy (non-hydrogen) atoms. The van der Waals surface area contributed by atoms with Gasteiger partial charge in [0.1, 0.15) is 0 Å². The lowest BCUT2D eigenvalue weighted by atomic mass is 9.78. The Bertz CT molecular complexity index is 294. The zero-order chi connectivity index (χ0) is 10.7. The van der Waals surface area contributed by atoms with Crippen LogP contribution in [-0.2, 0) is 0 Å². The lowest BCUT2D eigenvalue weighted by Crippen LogP contribution is -2.24. The largest absolute Gasteiger partial charge is 0.297 e. The lowest BCUT2D eigenvalue weighted by molar-refractivity contribution is 0.592. The van der Waals surface area contributed by atoms with E-state index in [0.717, 1.165) is 6.42 Å². The van der Waals surface area contributed by atoms with E-state index in [1.807, 2.05) is 7.05 Å². The molecule has 0 saturated heterocycles. The van der Waals surface area contributed by atoms with Crippen LogP contribution in [0.15, 0.2) is 28.3 Å². The third-order valence-electron chi connectivity index (χ3n) is 3.01. The van der Waals surface area contributed by atoms with Crippen molar-refractivity contribution < 1.29 is 0 Å². The summed E-state index contributed by atoms with van der Waals surface area (Å²) in [5.74, 6) is 1.13. The number of aliphatic imine (C=N–C) groups is 1. The van der Waals surface area contributed by atoms with Crippen molar-refractivity contribution in [3.8, 4) is 0 Å². The number of nitrogens with zero attached hydrogens (tertiary/aromatic N) is 1. The van der Waals surface area contributed by atoms with E-state index in [-0.39, 0.29) is 0 Å². The van der Waals surface area contributed by atoms with Crippen LogP contribution < -0.4 is 0 Å². The Kier molecular flexibility index (Phi) is 3.68. The first-order valence-electron chi connectivity index (χ1n) is 5.42. The number of hydrogen-bond acceptors (Lipinski definition) is 1. The van der Waals surface area contributed by atoms with E-state index in [1.54, 1.807) is 0 Å². The Balaban J connectivity index is 2.97. The molecule has 1 aliphatic rings. The number of rotatable bonds is 2. The minimum Gasteiger partial charge on any atom is -0.297 e. The Labute approximate surface area is 87.6 Å². The first-order chi connectivity index (χ1) is 6.60. The first kappa shape index (κ1) is 11.2. The van der Waals surface area contributed by atoms with Gasteiger partial charge < -0.3 is 0 Å². The van der Waals surface area contributed by atoms with Gasteiger partial charge >= 0.3 is 0 Å². The first-order valence-corrected chi connectivity index (χ1v) is 5.42. The summed E-state index contributed by atoms with van der Waals surface area (Å²) in [6.45, 7) is 8.86. The quantitative estimate of drug-likeness (QED) is 0.591. The second-order valence-corrected chi connectivity index (χ2v) is 4.20. The van der Waals surface area contributed by atoms with Gasteiger partial charge in [-0.1, -0.05) is 37.1 Å². The predicted molar refractivity (Wildman–Crippen MR) is 63.8 cm³/mol. The fourth-order valence-electron chi connectivity index (χ4n) is 2.51. The van der Waals surface area contributed by atoms with Crippen molar-refractivity contribution in [3.05, 3.63) is 23.3 Å². The van der Waals surface area contributed by atoms with Gasteiger partial charge in [-0.3, -0.25) is 4.99 Å². The molecule has 0 aliphatic heterocycles. The maximum Gasteiger partial charge on any atom is 0.0276 e. The molecule has 2 unspecified atom stereocenters. The highest BCUT2D eigenvalue weighted by molar-refractivity contribution is 5.89. The van der Waals surface area contributed by atoms with Gasteiger partial charge in [-0.15, -0.1) is 0 Å². The summed E-state index contributed by atoms with van der Waals surface area (Å²) in [5.41, 5.74) is 4.17. The highest BCUT2D eigenvalue weighted by Crippen LogP contribution is 2.30. The zero-order valence-corrected chi connectivity index (χ0v) is 9.96.